The van der Waals surface area contributed by atoms with E-state index in [-0.39, 0.29) is 28.0 Å². The Morgan fingerprint density at radius 3 is 2.65 bits per heavy atom. The molecule has 1 heterocycles. The second-order valence-electron chi connectivity index (χ2n) is 4.84. The Balaban J connectivity index is 2.04. The van der Waals surface area contributed by atoms with Gasteiger partial charge in [0.1, 0.15) is 5.75 Å². The van der Waals surface area contributed by atoms with Crippen molar-refractivity contribution >= 4 is 29.0 Å². The fraction of sp³-hybridized carbons (Fsp3) is 0.308. The van der Waals surface area contributed by atoms with Crippen LogP contribution < -0.4 is 10.1 Å². The van der Waals surface area contributed by atoms with Crippen LogP contribution in [0.25, 0.3) is 0 Å². The molecule has 1 amide bonds. The van der Waals surface area contributed by atoms with Crippen LogP contribution >= 0.6 is 11.8 Å². The number of benzene rings is 1. The monoisotopic (exact) mass is 391 g/mol. The summed E-state index contributed by atoms with van der Waals surface area (Å²) in [6.07, 6.45) is -4.64. The molecule has 1 aromatic heterocycles. The molecule has 0 fully saturated rings. The highest BCUT2D eigenvalue weighted by Crippen LogP contribution is 2.31. The summed E-state index contributed by atoms with van der Waals surface area (Å²) in [6, 6.07) is 3.62. The molecule has 1 N–H and O–H groups in total. The van der Waals surface area contributed by atoms with Crippen LogP contribution in [-0.2, 0) is 18.0 Å². The van der Waals surface area contributed by atoms with Gasteiger partial charge in [0.25, 0.3) is 5.69 Å². The molecule has 0 spiro atoms. The first-order valence-corrected chi connectivity index (χ1v) is 7.83. The maximum Gasteiger partial charge on any atom is 0.451 e. The van der Waals surface area contributed by atoms with Gasteiger partial charge in [0.2, 0.25) is 11.7 Å². The van der Waals surface area contributed by atoms with Crippen LogP contribution in [0.4, 0.5) is 24.5 Å². The number of hydrogen-bond acceptors (Lipinski definition) is 7. The van der Waals surface area contributed by atoms with Gasteiger partial charge in [0, 0.05) is 13.1 Å². The number of anilines is 1. The first kappa shape index (κ1) is 19.5. The van der Waals surface area contributed by atoms with Gasteiger partial charge < -0.3 is 14.6 Å². The van der Waals surface area contributed by atoms with Gasteiger partial charge in [-0.05, 0) is 6.07 Å². The second kappa shape index (κ2) is 7.59. The molecule has 0 bridgehead atoms. The van der Waals surface area contributed by atoms with E-state index >= 15 is 0 Å². The van der Waals surface area contributed by atoms with Gasteiger partial charge in [-0.25, -0.2) is 0 Å². The van der Waals surface area contributed by atoms with E-state index in [9.17, 15) is 28.1 Å². The van der Waals surface area contributed by atoms with Crippen molar-refractivity contribution in [2.45, 2.75) is 11.3 Å². The van der Waals surface area contributed by atoms with Gasteiger partial charge in [0.05, 0.1) is 29.5 Å². The van der Waals surface area contributed by atoms with E-state index in [1.54, 1.807) is 0 Å². The van der Waals surface area contributed by atoms with Crippen LogP contribution in [0.2, 0.25) is 0 Å². The molecular weight excluding hydrogens is 379 g/mol. The summed E-state index contributed by atoms with van der Waals surface area (Å²) in [4.78, 5) is 22.1. The number of carbonyl (C=O) groups is 1. The van der Waals surface area contributed by atoms with E-state index in [1.807, 2.05) is 0 Å². The first-order valence-electron chi connectivity index (χ1n) is 6.85. The van der Waals surface area contributed by atoms with E-state index in [4.69, 9.17) is 4.74 Å². The number of thioether (sulfide) groups is 1. The van der Waals surface area contributed by atoms with Crippen molar-refractivity contribution in [1.29, 1.82) is 0 Å². The van der Waals surface area contributed by atoms with Crippen LogP contribution in [0.15, 0.2) is 23.4 Å². The third kappa shape index (κ3) is 4.41. The molecule has 140 valence electrons. The van der Waals surface area contributed by atoms with Crippen molar-refractivity contribution in [2.75, 3.05) is 18.2 Å². The molecule has 0 radical (unpaired) electrons. The Labute approximate surface area is 148 Å². The van der Waals surface area contributed by atoms with Crippen molar-refractivity contribution in [3.05, 3.63) is 34.1 Å². The SMILES string of the molecule is COc1cc([N+](=O)[O-])ccc1NC(=O)CSc1nnc(C(F)(F)F)n1C. The molecule has 9 nitrogen and oxygen atoms in total. The lowest BCUT2D eigenvalue weighted by Gasteiger charge is -2.10. The lowest BCUT2D eigenvalue weighted by molar-refractivity contribution is -0.384. The normalized spacial score (nSPS) is 11.3. The molecule has 26 heavy (non-hydrogen) atoms. The zero-order chi connectivity index (χ0) is 19.5. The number of amides is 1. The number of methoxy groups -OCH3 is 1. The zero-order valence-electron chi connectivity index (χ0n) is 13.4. The van der Waals surface area contributed by atoms with Gasteiger partial charge in [-0.15, -0.1) is 10.2 Å². The third-order valence-electron chi connectivity index (χ3n) is 3.09. The highest BCUT2D eigenvalue weighted by atomic mass is 32.2. The van der Waals surface area contributed by atoms with E-state index in [0.717, 1.165) is 29.4 Å². The summed E-state index contributed by atoms with van der Waals surface area (Å²) in [5.41, 5.74) is -0.0226. The van der Waals surface area contributed by atoms with Crippen LogP contribution in [0.1, 0.15) is 5.82 Å². The van der Waals surface area contributed by atoms with Crippen LogP contribution in [-0.4, -0.2) is 38.5 Å². The number of nitro groups is 1. The fourth-order valence-corrected chi connectivity index (χ4v) is 2.61. The van der Waals surface area contributed by atoms with Crippen LogP contribution in [0.5, 0.6) is 5.75 Å². The molecule has 0 unspecified atom stereocenters. The molecule has 13 heteroatoms. The molecule has 0 atom stereocenters. The maximum absolute atomic E-state index is 12.6. The molecule has 1 aromatic carbocycles. The Morgan fingerprint density at radius 1 is 1.42 bits per heavy atom. The summed E-state index contributed by atoms with van der Waals surface area (Å²) >= 11 is 0.761. The smallest absolute Gasteiger partial charge is 0.451 e. The summed E-state index contributed by atoms with van der Waals surface area (Å²) in [5, 5.41) is 19.6. The number of aromatic nitrogens is 3. The van der Waals surface area contributed by atoms with Crippen molar-refractivity contribution < 1.29 is 27.6 Å². The van der Waals surface area contributed by atoms with Crippen molar-refractivity contribution in [1.82, 2.24) is 14.8 Å². The molecule has 0 aliphatic rings. The molecule has 0 aliphatic carbocycles. The number of carbonyl (C=O) groups excluding carboxylic acids is 1. The average molecular weight is 391 g/mol. The Morgan fingerprint density at radius 2 is 2.12 bits per heavy atom. The van der Waals surface area contributed by atoms with E-state index in [0.29, 0.717) is 0 Å². The Hall–Kier alpha value is -2.83. The number of ether oxygens (including phenoxy) is 1. The molecule has 2 aromatic rings. The van der Waals surface area contributed by atoms with Crippen molar-refractivity contribution in [2.24, 2.45) is 7.05 Å². The summed E-state index contributed by atoms with van der Waals surface area (Å²) in [6.45, 7) is 0. The summed E-state index contributed by atoms with van der Waals surface area (Å²) < 4.78 is 43.7. The standard InChI is InChI=1S/C13H12F3N5O4S/c1-20-11(13(14,15)16)18-19-12(20)26-6-10(22)17-8-4-3-7(21(23)24)5-9(8)25-2/h3-5H,6H2,1-2H3,(H,17,22). The minimum atomic E-state index is -4.64. The number of non-ortho nitro benzene ring substituents is 1. The van der Waals surface area contributed by atoms with Gasteiger partial charge >= 0.3 is 6.18 Å². The van der Waals surface area contributed by atoms with Crippen LogP contribution in [0.3, 0.4) is 0 Å². The number of nitrogens with one attached hydrogen (secondary N) is 1. The lowest BCUT2D eigenvalue weighted by Crippen LogP contribution is -2.16. The molecule has 2 rings (SSSR count). The number of nitrogens with zero attached hydrogens (tertiary/aromatic N) is 4. The van der Waals surface area contributed by atoms with E-state index in [2.05, 4.69) is 15.5 Å². The lowest BCUT2D eigenvalue weighted by atomic mass is 10.2. The quantitative estimate of drug-likeness (QED) is 0.457. The highest BCUT2D eigenvalue weighted by Gasteiger charge is 2.37. The average Bonchev–Trinajstić information content (AvgIpc) is 2.94. The minimum absolute atomic E-state index is 0.0792. The van der Waals surface area contributed by atoms with Crippen LogP contribution in [0, 0.1) is 10.1 Å². The number of rotatable bonds is 6. The van der Waals surface area contributed by atoms with Gasteiger partial charge in [-0.3, -0.25) is 14.9 Å². The van der Waals surface area contributed by atoms with E-state index < -0.39 is 22.8 Å². The van der Waals surface area contributed by atoms with Crippen molar-refractivity contribution in [3.63, 3.8) is 0 Å². The van der Waals surface area contributed by atoms with Gasteiger partial charge in [-0.1, -0.05) is 11.8 Å². The Kier molecular flexibility index (Phi) is 5.69. The predicted octanol–water partition coefficient (Wildman–Crippen LogP) is 2.48. The topological polar surface area (TPSA) is 112 Å². The first-order chi connectivity index (χ1) is 12.1. The molecule has 0 saturated heterocycles. The van der Waals surface area contributed by atoms with E-state index in [1.165, 1.54) is 19.2 Å². The minimum Gasteiger partial charge on any atom is -0.494 e. The number of nitro benzene ring substituents is 1. The molecule has 0 saturated carbocycles. The number of halogens is 3. The van der Waals surface area contributed by atoms with Gasteiger partial charge in [0.15, 0.2) is 5.16 Å². The summed E-state index contributed by atoms with van der Waals surface area (Å²) in [7, 11) is 2.42. The van der Waals surface area contributed by atoms with Crippen molar-refractivity contribution in [3.8, 4) is 5.75 Å². The highest BCUT2D eigenvalue weighted by molar-refractivity contribution is 7.99. The predicted molar refractivity (Wildman–Crippen MR) is 85.0 cm³/mol. The number of alkyl halides is 3. The zero-order valence-corrected chi connectivity index (χ0v) is 14.2. The summed E-state index contributed by atoms with van der Waals surface area (Å²) in [5.74, 6) is -1.89. The third-order valence-corrected chi connectivity index (χ3v) is 4.11. The second-order valence-corrected chi connectivity index (χ2v) is 5.78. The molecular formula is C13H12F3N5O4S. The molecule has 0 aliphatic heterocycles. The maximum atomic E-state index is 12.6. The fourth-order valence-electron chi connectivity index (χ4n) is 1.90. The Bertz CT molecular complexity index is 840. The van der Waals surface area contributed by atoms with Gasteiger partial charge in [-0.2, -0.15) is 13.2 Å². The largest absolute Gasteiger partial charge is 0.494 e. The number of hydrogen-bond donors (Lipinski definition) is 1.